The van der Waals surface area contributed by atoms with E-state index in [9.17, 15) is 12.8 Å². The number of nitrogens with zero attached hydrogens (tertiary/aromatic N) is 5. The molecule has 0 aliphatic carbocycles. The van der Waals surface area contributed by atoms with Gasteiger partial charge in [0.25, 0.3) is 0 Å². The lowest BCUT2D eigenvalue weighted by Gasteiger charge is -2.34. The maximum Gasteiger partial charge on any atom is 0.226 e. The first-order valence-electron chi connectivity index (χ1n) is 8.10. The fourth-order valence-electron chi connectivity index (χ4n) is 2.80. The van der Waals surface area contributed by atoms with Gasteiger partial charge < -0.3 is 4.90 Å². The summed E-state index contributed by atoms with van der Waals surface area (Å²) < 4.78 is 39.5. The lowest BCUT2D eigenvalue weighted by molar-refractivity contribution is 0.382. The van der Waals surface area contributed by atoms with E-state index in [0.29, 0.717) is 49.1 Å². The molecule has 1 aliphatic rings. The van der Waals surface area contributed by atoms with E-state index in [1.54, 1.807) is 13.0 Å². The molecule has 0 unspecified atom stereocenters. The summed E-state index contributed by atoms with van der Waals surface area (Å²) in [6, 6.07) is 9.07. The molecule has 26 heavy (non-hydrogen) atoms. The molecule has 0 amide bonds. The Labute approximate surface area is 151 Å². The Morgan fingerprint density at radius 3 is 2.42 bits per heavy atom. The van der Waals surface area contributed by atoms with Crippen LogP contribution in [0.15, 0.2) is 30.3 Å². The molecule has 0 radical (unpaired) electrons. The Morgan fingerprint density at radius 2 is 1.81 bits per heavy atom. The summed E-state index contributed by atoms with van der Waals surface area (Å²) in [5.74, 6) is -0.112. The van der Waals surface area contributed by atoms with Crippen molar-refractivity contribution >= 4 is 16.0 Å². The van der Waals surface area contributed by atoms with E-state index in [0.717, 1.165) is 0 Å². The van der Waals surface area contributed by atoms with Crippen LogP contribution >= 0.6 is 0 Å². The van der Waals surface area contributed by atoms with E-state index in [1.807, 2.05) is 11.0 Å². The molecule has 0 spiro atoms. The van der Waals surface area contributed by atoms with E-state index < -0.39 is 15.8 Å². The highest BCUT2D eigenvalue weighted by molar-refractivity contribution is 7.88. The summed E-state index contributed by atoms with van der Waals surface area (Å²) in [7, 11) is -3.48. The van der Waals surface area contributed by atoms with Crippen LogP contribution in [0, 0.1) is 24.1 Å². The van der Waals surface area contributed by atoms with Crippen molar-refractivity contribution in [1.29, 1.82) is 5.26 Å². The first kappa shape index (κ1) is 18.2. The minimum atomic E-state index is -3.48. The second kappa shape index (κ2) is 7.35. The van der Waals surface area contributed by atoms with Gasteiger partial charge in [-0.1, -0.05) is 12.1 Å². The maximum absolute atomic E-state index is 13.0. The lowest BCUT2D eigenvalue weighted by atomic mass is 10.2. The van der Waals surface area contributed by atoms with Crippen LogP contribution in [0.25, 0.3) is 0 Å². The van der Waals surface area contributed by atoms with Gasteiger partial charge in [0.05, 0.1) is 5.75 Å². The van der Waals surface area contributed by atoms with Crippen LogP contribution in [0.4, 0.5) is 10.3 Å². The van der Waals surface area contributed by atoms with Crippen LogP contribution < -0.4 is 4.90 Å². The Bertz CT molecular complexity index is 933. The van der Waals surface area contributed by atoms with Crippen molar-refractivity contribution in [1.82, 2.24) is 14.3 Å². The molecule has 1 fully saturated rings. The highest BCUT2D eigenvalue weighted by atomic mass is 32.2. The van der Waals surface area contributed by atoms with Gasteiger partial charge in [0.15, 0.2) is 0 Å². The van der Waals surface area contributed by atoms with Gasteiger partial charge in [-0.3, -0.25) is 0 Å². The second-order valence-electron chi connectivity index (χ2n) is 6.08. The number of aromatic nitrogens is 2. The number of piperazine rings is 1. The predicted molar refractivity (Wildman–Crippen MR) is 94.3 cm³/mol. The van der Waals surface area contributed by atoms with E-state index >= 15 is 0 Å². The predicted octanol–water partition coefficient (Wildman–Crippen LogP) is 1.45. The third kappa shape index (κ3) is 4.15. The van der Waals surface area contributed by atoms with Gasteiger partial charge in [-0.2, -0.15) is 9.57 Å². The minimum absolute atomic E-state index is 0.160. The van der Waals surface area contributed by atoms with E-state index in [1.165, 1.54) is 28.6 Å². The summed E-state index contributed by atoms with van der Waals surface area (Å²) in [4.78, 5) is 10.4. The molecule has 0 saturated carbocycles. The van der Waals surface area contributed by atoms with Gasteiger partial charge in [-0.05, 0) is 30.7 Å². The number of aryl methyl sites for hydroxylation is 1. The third-order valence-corrected chi connectivity index (χ3v) is 5.98. The monoisotopic (exact) mass is 375 g/mol. The number of nitriles is 1. The number of hydrogen-bond acceptors (Lipinski definition) is 6. The van der Waals surface area contributed by atoms with Crippen molar-refractivity contribution < 1.29 is 12.8 Å². The molecule has 1 aromatic carbocycles. The van der Waals surface area contributed by atoms with Gasteiger partial charge in [-0.15, -0.1) is 0 Å². The van der Waals surface area contributed by atoms with Crippen molar-refractivity contribution in [2.75, 3.05) is 31.1 Å². The summed E-state index contributed by atoms with van der Waals surface area (Å²) in [6.07, 6.45) is 0. The highest BCUT2D eigenvalue weighted by Gasteiger charge is 2.28. The molecule has 2 heterocycles. The van der Waals surface area contributed by atoms with Crippen LogP contribution in [0.2, 0.25) is 0 Å². The number of hydrogen-bond donors (Lipinski definition) is 0. The molecule has 136 valence electrons. The zero-order chi connectivity index (χ0) is 18.7. The fourth-order valence-corrected chi connectivity index (χ4v) is 4.32. The maximum atomic E-state index is 13.0. The average molecular weight is 375 g/mol. The van der Waals surface area contributed by atoms with Gasteiger partial charge in [-0.25, -0.2) is 22.8 Å². The Hall–Kier alpha value is -2.57. The van der Waals surface area contributed by atoms with Crippen molar-refractivity contribution in [3.05, 3.63) is 53.1 Å². The summed E-state index contributed by atoms with van der Waals surface area (Å²) in [5, 5.41) is 9.02. The summed E-state index contributed by atoms with van der Waals surface area (Å²) >= 11 is 0. The lowest BCUT2D eigenvalue weighted by Crippen LogP contribution is -2.49. The summed E-state index contributed by atoms with van der Waals surface area (Å²) in [5.41, 5.74) is 1.53. The molecule has 1 aromatic heterocycles. The SMILES string of the molecule is Cc1cc(C#N)nc(N2CCN(S(=O)(=O)Cc3ccc(F)cc3)CC2)n1. The van der Waals surface area contributed by atoms with Crippen LogP contribution in [0.1, 0.15) is 17.0 Å². The van der Waals surface area contributed by atoms with Crippen molar-refractivity contribution in [3.63, 3.8) is 0 Å². The smallest absolute Gasteiger partial charge is 0.226 e. The number of sulfonamides is 1. The molecule has 9 heteroatoms. The van der Waals surface area contributed by atoms with Crippen LogP contribution in [0.3, 0.4) is 0 Å². The van der Waals surface area contributed by atoms with Gasteiger partial charge >= 0.3 is 0 Å². The molecule has 2 aromatic rings. The van der Waals surface area contributed by atoms with Gasteiger partial charge in [0.1, 0.15) is 17.6 Å². The Balaban J connectivity index is 1.67. The highest BCUT2D eigenvalue weighted by Crippen LogP contribution is 2.17. The Kier molecular flexibility index (Phi) is 5.15. The fraction of sp³-hybridized carbons (Fsp3) is 0.353. The van der Waals surface area contributed by atoms with Crippen molar-refractivity contribution in [2.24, 2.45) is 0 Å². The van der Waals surface area contributed by atoms with Gasteiger partial charge in [0, 0.05) is 31.9 Å². The third-order valence-electron chi connectivity index (χ3n) is 4.13. The number of anilines is 1. The zero-order valence-corrected chi connectivity index (χ0v) is 15.1. The topological polar surface area (TPSA) is 90.2 Å². The quantitative estimate of drug-likeness (QED) is 0.803. The molecule has 0 N–H and O–H groups in total. The largest absolute Gasteiger partial charge is 0.338 e. The molecular weight excluding hydrogens is 357 g/mol. The van der Waals surface area contributed by atoms with Crippen LogP contribution in [0.5, 0.6) is 0 Å². The molecule has 1 saturated heterocycles. The van der Waals surface area contributed by atoms with Gasteiger partial charge in [0.2, 0.25) is 16.0 Å². The number of rotatable bonds is 4. The first-order chi connectivity index (χ1) is 12.4. The minimum Gasteiger partial charge on any atom is -0.338 e. The number of halogens is 1. The molecule has 7 nitrogen and oxygen atoms in total. The van der Waals surface area contributed by atoms with E-state index in [2.05, 4.69) is 9.97 Å². The zero-order valence-electron chi connectivity index (χ0n) is 14.3. The molecule has 0 bridgehead atoms. The first-order valence-corrected chi connectivity index (χ1v) is 9.71. The molecule has 0 atom stereocenters. The standard InChI is InChI=1S/C17H18FN5O2S/c1-13-10-16(11-19)21-17(20-13)22-6-8-23(9-7-22)26(24,25)12-14-2-4-15(18)5-3-14/h2-5,10H,6-9,12H2,1H3. The van der Waals surface area contributed by atoms with Crippen molar-refractivity contribution in [3.8, 4) is 6.07 Å². The van der Waals surface area contributed by atoms with E-state index in [-0.39, 0.29) is 5.75 Å². The summed E-state index contributed by atoms with van der Waals surface area (Å²) in [6.45, 7) is 3.29. The van der Waals surface area contributed by atoms with Crippen LogP contribution in [-0.2, 0) is 15.8 Å². The van der Waals surface area contributed by atoms with Crippen molar-refractivity contribution in [2.45, 2.75) is 12.7 Å². The normalized spacial score (nSPS) is 15.7. The number of benzene rings is 1. The molecule has 1 aliphatic heterocycles. The molecule has 3 rings (SSSR count). The second-order valence-corrected chi connectivity index (χ2v) is 8.04. The van der Waals surface area contributed by atoms with E-state index in [4.69, 9.17) is 5.26 Å². The molecular formula is C17H18FN5O2S. The van der Waals surface area contributed by atoms with Crippen LogP contribution in [-0.4, -0.2) is 48.9 Å². The Morgan fingerprint density at radius 1 is 1.15 bits per heavy atom. The average Bonchev–Trinajstić information content (AvgIpc) is 2.63.